The minimum absolute atomic E-state index is 0.0507. The third-order valence-electron chi connectivity index (χ3n) is 6.92. The normalized spacial score (nSPS) is 34.6. The van der Waals surface area contributed by atoms with Crippen LogP contribution >= 0.6 is 0 Å². The number of carbonyl (C=O) groups excluding carboxylic acids is 2. The van der Waals surface area contributed by atoms with Gasteiger partial charge in [0.15, 0.2) is 8.32 Å². The molecule has 0 spiro atoms. The van der Waals surface area contributed by atoms with Crippen molar-refractivity contribution in [1.29, 1.82) is 0 Å². The number of methoxy groups -OCH3 is 1. The van der Waals surface area contributed by atoms with E-state index in [2.05, 4.69) is 40.8 Å². The van der Waals surface area contributed by atoms with Gasteiger partial charge in [0.25, 0.3) is 0 Å². The zero-order valence-electron chi connectivity index (χ0n) is 16.4. The van der Waals surface area contributed by atoms with E-state index in [1.54, 1.807) is 0 Å². The Balaban J connectivity index is 2.31. The first kappa shape index (κ1) is 19.6. The van der Waals surface area contributed by atoms with Crippen LogP contribution in [-0.2, 0) is 18.8 Å². The lowest BCUT2D eigenvalue weighted by Crippen LogP contribution is -2.57. The Morgan fingerprint density at radius 2 is 1.88 bits per heavy atom. The Hall–Kier alpha value is -0.683. The predicted molar refractivity (Wildman–Crippen MR) is 97.3 cm³/mol. The van der Waals surface area contributed by atoms with E-state index < -0.39 is 14.2 Å². The minimum Gasteiger partial charge on any atom is -0.468 e. The molecule has 2 fully saturated rings. The van der Waals surface area contributed by atoms with Crippen LogP contribution in [0.5, 0.6) is 0 Å². The van der Waals surface area contributed by atoms with E-state index in [9.17, 15) is 9.59 Å². The number of carbonyl (C=O) groups is 2. The highest BCUT2D eigenvalue weighted by molar-refractivity contribution is 6.74. The standard InChI is InChI=1S/C19H34O4Si/c1-18(2,3)24(6,7)23-15-10-8-9-13-16(17(21)22-5)14(20)11-12-19(13,15)4/h13,15-16H,8-12H2,1-7H3/t13-,15-,16-,19-/m1/s1. The molecule has 0 heterocycles. The Morgan fingerprint density at radius 3 is 2.42 bits per heavy atom. The first-order valence-electron chi connectivity index (χ1n) is 9.22. The van der Waals surface area contributed by atoms with E-state index in [-0.39, 0.29) is 34.2 Å². The van der Waals surface area contributed by atoms with Crippen LogP contribution in [0.15, 0.2) is 0 Å². The summed E-state index contributed by atoms with van der Waals surface area (Å²) in [5, 5.41) is 0.155. The maximum atomic E-state index is 12.4. The molecule has 0 unspecified atom stereocenters. The Bertz CT molecular complexity index is 500. The van der Waals surface area contributed by atoms with Gasteiger partial charge in [-0.3, -0.25) is 9.59 Å². The largest absolute Gasteiger partial charge is 0.468 e. The summed E-state index contributed by atoms with van der Waals surface area (Å²) in [5.74, 6) is -0.851. The minimum atomic E-state index is -1.89. The molecule has 24 heavy (non-hydrogen) atoms. The van der Waals surface area contributed by atoms with Gasteiger partial charge >= 0.3 is 5.97 Å². The number of hydrogen-bond donors (Lipinski definition) is 0. The summed E-state index contributed by atoms with van der Waals surface area (Å²) in [5.41, 5.74) is -0.111. The molecule has 0 aromatic rings. The fourth-order valence-corrected chi connectivity index (χ4v) is 5.69. The van der Waals surface area contributed by atoms with Gasteiger partial charge in [0, 0.05) is 6.42 Å². The van der Waals surface area contributed by atoms with Crippen LogP contribution in [0.25, 0.3) is 0 Å². The maximum absolute atomic E-state index is 12.4. The van der Waals surface area contributed by atoms with Crippen molar-refractivity contribution in [1.82, 2.24) is 0 Å². The van der Waals surface area contributed by atoms with Crippen molar-refractivity contribution in [3.63, 3.8) is 0 Å². The predicted octanol–water partition coefficient (Wildman–Crippen LogP) is 4.34. The molecule has 0 aromatic heterocycles. The summed E-state index contributed by atoms with van der Waals surface area (Å²) >= 11 is 0. The highest BCUT2D eigenvalue weighted by Gasteiger charge is 2.56. The average molecular weight is 355 g/mol. The van der Waals surface area contributed by atoms with Crippen molar-refractivity contribution < 1.29 is 18.8 Å². The third-order valence-corrected chi connectivity index (χ3v) is 11.4. The van der Waals surface area contributed by atoms with E-state index in [1.807, 2.05) is 0 Å². The number of Topliss-reactive ketones (excluding diaryl/α,β-unsaturated/α-hetero) is 1. The lowest BCUT2D eigenvalue weighted by molar-refractivity contribution is -0.164. The Labute approximate surface area is 147 Å². The molecule has 0 radical (unpaired) electrons. The van der Waals surface area contributed by atoms with Crippen molar-refractivity contribution in [3.05, 3.63) is 0 Å². The molecule has 138 valence electrons. The fourth-order valence-electron chi connectivity index (χ4n) is 4.24. The monoisotopic (exact) mass is 354 g/mol. The molecule has 0 aromatic carbocycles. The SMILES string of the molecule is COC(=O)[C@H]1C(=O)CC[C@]2(C)[C@@H]1CCC[C@H]2O[Si](C)(C)C(C)(C)C. The van der Waals surface area contributed by atoms with Crippen LogP contribution < -0.4 is 0 Å². The van der Waals surface area contributed by atoms with Crippen molar-refractivity contribution in [2.24, 2.45) is 17.3 Å². The van der Waals surface area contributed by atoms with Crippen LogP contribution in [0.4, 0.5) is 0 Å². The lowest BCUT2D eigenvalue weighted by Gasteiger charge is -2.54. The zero-order chi connectivity index (χ0) is 18.3. The Kier molecular flexibility index (Phi) is 5.37. The number of fused-ring (bicyclic) bond motifs is 1. The van der Waals surface area contributed by atoms with Gasteiger partial charge in [-0.15, -0.1) is 0 Å². The van der Waals surface area contributed by atoms with Crippen molar-refractivity contribution in [3.8, 4) is 0 Å². The average Bonchev–Trinajstić information content (AvgIpc) is 2.47. The van der Waals surface area contributed by atoms with Crippen LogP contribution in [0.2, 0.25) is 18.1 Å². The molecule has 0 aliphatic heterocycles. The van der Waals surface area contributed by atoms with Crippen LogP contribution in [-0.4, -0.2) is 33.3 Å². The van der Waals surface area contributed by atoms with Crippen molar-refractivity contribution in [2.45, 2.75) is 84.0 Å². The van der Waals surface area contributed by atoms with Gasteiger partial charge in [0.05, 0.1) is 13.2 Å². The summed E-state index contributed by atoms with van der Waals surface area (Å²) in [6.45, 7) is 13.6. The first-order valence-corrected chi connectivity index (χ1v) is 12.1. The van der Waals surface area contributed by atoms with Gasteiger partial charge in [-0.1, -0.05) is 34.1 Å². The van der Waals surface area contributed by atoms with E-state index in [0.29, 0.717) is 6.42 Å². The molecular weight excluding hydrogens is 320 g/mol. The summed E-state index contributed by atoms with van der Waals surface area (Å²) in [6, 6.07) is 0. The summed E-state index contributed by atoms with van der Waals surface area (Å²) < 4.78 is 11.7. The highest BCUT2D eigenvalue weighted by atomic mass is 28.4. The molecule has 0 amide bonds. The smallest absolute Gasteiger partial charge is 0.316 e. The molecule has 4 nitrogen and oxygen atoms in total. The highest BCUT2D eigenvalue weighted by Crippen LogP contribution is 2.54. The molecule has 0 bridgehead atoms. The summed E-state index contributed by atoms with van der Waals surface area (Å²) in [4.78, 5) is 24.7. The van der Waals surface area contributed by atoms with E-state index in [4.69, 9.17) is 9.16 Å². The topological polar surface area (TPSA) is 52.6 Å². The molecule has 2 rings (SSSR count). The Morgan fingerprint density at radius 1 is 1.25 bits per heavy atom. The van der Waals surface area contributed by atoms with E-state index in [1.165, 1.54) is 7.11 Å². The fraction of sp³-hybridized carbons (Fsp3) is 0.895. The second-order valence-corrected chi connectivity index (χ2v) is 14.1. The second kappa shape index (κ2) is 6.56. The van der Waals surface area contributed by atoms with E-state index >= 15 is 0 Å². The molecule has 2 aliphatic carbocycles. The lowest BCUT2D eigenvalue weighted by atomic mass is 9.55. The van der Waals surface area contributed by atoms with Crippen LogP contribution in [0.1, 0.15) is 59.8 Å². The molecule has 5 heteroatoms. The molecule has 4 atom stereocenters. The number of esters is 1. The van der Waals surface area contributed by atoms with Gasteiger partial charge in [-0.2, -0.15) is 0 Å². The molecule has 0 saturated heterocycles. The van der Waals surface area contributed by atoms with Gasteiger partial charge in [0.1, 0.15) is 11.7 Å². The van der Waals surface area contributed by atoms with Gasteiger partial charge in [0.2, 0.25) is 0 Å². The second-order valence-electron chi connectivity index (χ2n) is 9.38. The molecular formula is C19H34O4Si. The third kappa shape index (κ3) is 3.34. The summed E-state index contributed by atoms with van der Waals surface area (Å²) in [6.07, 6.45) is 4.38. The summed E-state index contributed by atoms with van der Waals surface area (Å²) in [7, 11) is -0.508. The van der Waals surface area contributed by atoms with E-state index in [0.717, 1.165) is 25.7 Å². The zero-order valence-corrected chi connectivity index (χ0v) is 17.4. The van der Waals surface area contributed by atoms with Crippen LogP contribution in [0, 0.1) is 17.3 Å². The molecule has 2 saturated carbocycles. The quantitative estimate of drug-likeness (QED) is 0.430. The number of ketones is 1. The van der Waals surface area contributed by atoms with Gasteiger partial charge < -0.3 is 9.16 Å². The molecule has 2 aliphatic rings. The number of hydrogen-bond acceptors (Lipinski definition) is 4. The van der Waals surface area contributed by atoms with Gasteiger partial charge in [-0.25, -0.2) is 0 Å². The van der Waals surface area contributed by atoms with Gasteiger partial charge in [-0.05, 0) is 48.7 Å². The maximum Gasteiger partial charge on any atom is 0.316 e. The molecule has 0 N–H and O–H groups in total. The van der Waals surface area contributed by atoms with Crippen LogP contribution in [0.3, 0.4) is 0 Å². The number of rotatable bonds is 3. The first-order chi connectivity index (χ1) is 10.9. The van der Waals surface area contributed by atoms with Crippen molar-refractivity contribution >= 4 is 20.1 Å². The van der Waals surface area contributed by atoms with Crippen molar-refractivity contribution in [2.75, 3.05) is 7.11 Å². The number of ether oxygens (including phenoxy) is 1.